The first-order valence-corrected chi connectivity index (χ1v) is 20.1. The van der Waals surface area contributed by atoms with Gasteiger partial charge in [0.1, 0.15) is 36.3 Å². The van der Waals surface area contributed by atoms with Crippen LogP contribution >= 0.6 is 0 Å². The number of hydrogen-bond donors (Lipinski definition) is 2. The third-order valence-corrected chi connectivity index (χ3v) is 13.9. The van der Waals surface area contributed by atoms with Gasteiger partial charge in [-0.05, 0) is 62.0 Å². The van der Waals surface area contributed by atoms with Crippen LogP contribution in [0.5, 0.6) is 0 Å². The maximum Gasteiger partial charge on any atom is 0.172 e. The van der Waals surface area contributed by atoms with E-state index in [0.717, 1.165) is 49.7 Å². The number of aliphatic hydroxyl groups is 2. The van der Waals surface area contributed by atoms with Crippen molar-refractivity contribution in [2.45, 2.75) is 194 Å². The van der Waals surface area contributed by atoms with Crippen molar-refractivity contribution in [1.29, 1.82) is 0 Å². The van der Waals surface area contributed by atoms with Crippen molar-refractivity contribution in [3.63, 3.8) is 0 Å². The monoisotopic (exact) mass is 748 g/mol. The minimum absolute atomic E-state index is 0. The van der Waals surface area contributed by atoms with Crippen LogP contribution in [0.2, 0.25) is 0 Å². The van der Waals surface area contributed by atoms with E-state index in [1.807, 2.05) is 0 Å². The highest BCUT2D eigenvalue weighted by Crippen LogP contribution is 2.54. The van der Waals surface area contributed by atoms with Crippen LogP contribution in [-0.4, -0.2) is 139 Å². The lowest BCUT2D eigenvalue weighted by atomic mass is 9.81. The number of aliphatic hydroxyl groups excluding tert-OH is 2. The molecule has 10 rings (SSSR count). The summed E-state index contributed by atoms with van der Waals surface area (Å²) in [7, 11) is 1.63. The van der Waals surface area contributed by atoms with E-state index in [1.54, 1.807) is 7.11 Å². The molecule has 10 saturated heterocycles. The molecule has 1 spiro atoms. The molecule has 53 heavy (non-hydrogen) atoms. The van der Waals surface area contributed by atoms with Crippen molar-refractivity contribution in [3.8, 4) is 0 Å². The smallest absolute Gasteiger partial charge is 0.172 e. The quantitative estimate of drug-likeness (QED) is 0.404. The molecule has 0 aliphatic carbocycles. The molecule has 0 aromatic heterocycles. The molecule has 298 valence electrons. The lowest BCUT2D eigenvalue weighted by molar-refractivity contribution is -0.292. The Bertz CT molecular complexity index is 1380. The molecule has 19 atom stereocenters. The van der Waals surface area contributed by atoms with Gasteiger partial charge in [0.15, 0.2) is 5.79 Å². The number of carbonyl (C=O) groups is 1. The summed E-state index contributed by atoms with van der Waals surface area (Å²) in [6, 6.07) is 0. The van der Waals surface area contributed by atoms with Crippen LogP contribution < -0.4 is 0 Å². The average Bonchev–Trinajstić information content (AvgIpc) is 3.79. The zero-order valence-corrected chi connectivity index (χ0v) is 31.2. The van der Waals surface area contributed by atoms with Crippen molar-refractivity contribution in [1.82, 2.24) is 0 Å². The van der Waals surface area contributed by atoms with Gasteiger partial charge in [0, 0.05) is 51.6 Å². The van der Waals surface area contributed by atoms with Crippen molar-refractivity contribution in [2.75, 3.05) is 13.7 Å². The number of Topliss-reactive ketones (excluding diaryl/α,β-unsaturated/α-hetero) is 1. The van der Waals surface area contributed by atoms with Gasteiger partial charge < -0.3 is 58.3 Å². The Balaban J connectivity index is 0.00000400. The maximum atomic E-state index is 14.0. The highest BCUT2D eigenvalue weighted by Gasteiger charge is 2.68. The second kappa shape index (κ2) is 15.2. The number of fused-ring (bicyclic) bond motifs is 6. The fourth-order valence-electron chi connectivity index (χ4n) is 11.3. The molecule has 0 radical (unpaired) electrons. The first-order chi connectivity index (χ1) is 25.1. The fourth-order valence-corrected chi connectivity index (χ4v) is 11.3. The molecule has 1 unspecified atom stereocenters. The summed E-state index contributed by atoms with van der Waals surface area (Å²) in [6.45, 7) is 10.7. The minimum Gasteiger partial charge on any atom is -0.412 e. The topological polar surface area (TPSA) is 172 Å². The molecule has 0 amide bonds. The van der Waals surface area contributed by atoms with Crippen molar-refractivity contribution in [3.05, 3.63) is 24.3 Å². The fraction of sp³-hybridized carbons (Fsp3) is 0.875. The highest BCUT2D eigenvalue weighted by molar-refractivity contribution is 5.79. The zero-order valence-electron chi connectivity index (χ0n) is 31.2. The number of methoxy groups -OCH3 is 1. The summed E-state index contributed by atoms with van der Waals surface area (Å²) in [4.78, 5) is 14.0. The van der Waals surface area contributed by atoms with E-state index < -0.39 is 24.1 Å². The van der Waals surface area contributed by atoms with Gasteiger partial charge in [-0.25, -0.2) is 0 Å². The molecule has 10 heterocycles. The van der Waals surface area contributed by atoms with Crippen LogP contribution in [-0.2, 0) is 47.4 Å². The van der Waals surface area contributed by atoms with Gasteiger partial charge in [-0.2, -0.15) is 0 Å². The summed E-state index contributed by atoms with van der Waals surface area (Å²) in [5.41, 5.74) is 2.17. The molecule has 12 bridgehead atoms. The first-order valence-electron chi connectivity index (χ1n) is 20.1. The van der Waals surface area contributed by atoms with E-state index >= 15 is 0 Å². The molecule has 4 N–H and O–H groups in total. The molecule has 10 aliphatic rings. The highest BCUT2D eigenvalue weighted by atomic mass is 16.8. The molecular formula is C40H60O13. The molecule has 0 aromatic rings. The molecule has 10 aliphatic heterocycles. The van der Waals surface area contributed by atoms with Gasteiger partial charge in [-0.1, -0.05) is 20.1 Å². The van der Waals surface area contributed by atoms with E-state index in [9.17, 15) is 15.0 Å². The summed E-state index contributed by atoms with van der Waals surface area (Å²) in [5, 5.41) is 20.1. The van der Waals surface area contributed by atoms with Crippen molar-refractivity contribution in [2.24, 2.45) is 11.8 Å². The Kier molecular flexibility index (Phi) is 11.1. The van der Waals surface area contributed by atoms with Crippen LogP contribution in [0.1, 0.15) is 90.4 Å². The Morgan fingerprint density at radius 2 is 1.53 bits per heavy atom. The lowest BCUT2D eigenvalue weighted by Crippen LogP contribution is -2.61. The molecule has 10 fully saturated rings. The Labute approximate surface area is 312 Å². The van der Waals surface area contributed by atoms with E-state index in [4.69, 9.17) is 42.6 Å². The zero-order chi connectivity index (χ0) is 35.9. The van der Waals surface area contributed by atoms with E-state index in [0.29, 0.717) is 25.7 Å². The SMILES string of the molecule is C=C1C[C@@H]2CCC34C[C@H]5O[C@H]6[C@@H](O3)[C@H]3O[C@H](CC[C@@H]3O[C@H]6[C@@H]5O4)CC(=O)C[C@@H]3[C@@H](OC)[C@@H](C[C@H](O)CO)O[C@H]3C[C@H]3O[C@H](CC[C@@H]1O2)C[C@@H](C)C3=C.O. The van der Waals surface area contributed by atoms with Gasteiger partial charge >= 0.3 is 0 Å². The van der Waals surface area contributed by atoms with Gasteiger partial charge in [0.05, 0.1) is 73.8 Å². The van der Waals surface area contributed by atoms with Crippen LogP contribution in [0.15, 0.2) is 24.3 Å². The second-order valence-electron chi connectivity index (χ2n) is 17.4. The Hall–Kier alpha value is -1.33. The number of carbonyl (C=O) groups excluding carboxylic acids is 1. The molecule has 13 nitrogen and oxygen atoms in total. The molecule has 0 aromatic carbocycles. The van der Waals surface area contributed by atoms with Crippen molar-refractivity contribution >= 4 is 5.78 Å². The number of hydrogen-bond acceptors (Lipinski definition) is 12. The predicted octanol–water partition coefficient (Wildman–Crippen LogP) is 2.65. The molecule has 13 heteroatoms. The third kappa shape index (κ3) is 7.14. The van der Waals surface area contributed by atoms with Crippen LogP contribution in [0.4, 0.5) is 0 Å². The standard InChI is InChI=1S/C40H58O12.H2O/c1-19-11-24-5-7-28-20(2)12-26(45-28)9-10-40-17-33-36(51-40)37-38(50-33)39(52-40)35-29(49-37)8-6-25(47-35)13-22(42)14-27-31(16-30(46-24)21(19)3)48-32(34(27)44-4)15-23(43)18-41;/h19,23-39,41,43H,2-3,5-18H2,1,4H3;1H2/t19-,23+,24-,25-,26+,27+,28+,29+,30-,31+,32-,33-,34-,35+,36-,37+,38-,39+,40?;/m1./s1. The number of ketones is 1. The minimum atomic E-state index is -0.951. The third-order valence-electron chi connectivity index (χ3n) is 13.9. The summed E-state index contributed by atoms with van der Waals surface area (Å²) in [5.74, 6) is -0.709. The van der Waals surface area contributed by atoms with E-state index in [-0.39, 0.29) is 128 Å². The molecule has 0 saturated carbocycles. The van der Waals surface area contributed by atoms with E-state index in [1.165, 1.54) is 0 Å². The van der Waals surface area contributed by atoms with Gasteiger partial charge in [0.25, 0.3) is 0 Å². The van der Waals surface area contributed by atoms with Crippen molar-refractivity contribution < 1.29 is 63.1 Å². The largest absolute Gasteiger partial charge is 0.412 e. The van der Waals surface area contributed by atoms with Gasteiger partial charge in [-0.15, -0.1) is 0 Å². The van der Waals surface area contributed by atoms with Crippen LogP contribution in [0.3, 0.4) is 0 Å². The van der Waals surface area contributed by atoms with Gasteiger partial charge in [0.2, 0.25) is 0 Å². The molecular weight excluding hydrogens is 688 g/mol. The summed E-state index contributed by atoms with van der Waals surface area (Å²) < 4.78 is 59.8. The summed E-state index contributed by atoms with van der Waals surface area (Å²) >= 11 is 0. The van der Waals surface area contributed by atoms with Crippen LogP contribution in [0, 0.1) is 11.8 Å². The van der Waals surface area contributed by atoms with E-state index in [2.05, 4.69) is 20.1 Å². The summed E-state index contributed by atoms with van der Waals surface area (Å²) in [6.07, 6.45) is 4.01. The predicted molar refractivity (Wildman–Crippen MR) is 188 cm³/mol. The Morgan fingerprint density at radius 1 is 0.792 bits per heavy atom. The Morgan fingerprint density at radius 3 is 2.34 bits per heavy atom. The maximum absolute atomic E-state index is 14.0. The normalized spacial score (nSPS) is 51.4. The average molecular weight is 749 g/mol. The number of ether oxygens (including phenoxy) is 9. The lowest BCUT2D eigenvalue weighted by Gasteiger charge is -2.47. The first kappa shape index (κ1) is 38.5. The van der Waals surface area contributed by atoms with Gasteiger partial charge in [-0.3, -0.25) is 4.79 Å². The second-order valence-corrected chi connectivity index (χ2v) is 17.4. The van der Waals surface area contributed by atoms with Crippen LogP contribution in [0.25, 0.3) is 0 Å². The number of rotatable bonds is 4.